The molecule has 0 bridgehead atoms. The zero-order valence-electron chi connectivity index (χ0n) is 11.6. The van der Waals surface area contributed by atoms with E-state index in [0.717, 1.165) is 21.2 Å². The molecule has 2 aromatic rings. The predicted molar refractivity (Wildman–Crippen MR) is 109 cm³/mol. The van der Waals surface area contributed by atoms with Crippen LogP contribution in [0, 0.1) is 6.92 Å². The fourth-order valence-electron chi connectivity index (χ4n) is 1.73. The second-order valence-corrected chi connectivity index (χ2v) is 13.7. The van der Waals surface area contributed by atoms with Crippen molar-refractivity contribution in [1.82, 2.24) is 0 Å². The van der Waals surface area contributed by atoms with Gasteiger partial charge in [0, 0.05) is 10.8 Å². The Morgan fingerprint density at radius 1 is 1.04 bits per heavy atom. The lowest BCUT2D eigenvalue weighted by Gasteiger charge is -2.25. The van der Waals surface area contributed by atoms with E-state index < -0.39 is 12.2 Å². The number of nitrogens with zero attached hydrogens (tertiary/aromatic N) is 1. The van der Waals surface area contributed by atoms with Gasteiger partial charge in [-0.3, -0.25) is 0 Å². The quantitative estimate of drug-likeness (QED) is 0.319. The molecule has 0 amide bonds. The summed E-state index contributed by atoms with van der Waals surface area (Å²) in [6.07, 6.45) is 0. The number of benzene rings is 1. The molecular weight excluding hydrogens is 499 g/mol. The molecule has 0 saturated carbocycles. The number of alkyl halides is 3. The van der Waals surface area contributed by atoms with Crippen LogP contribution in [-0.4, -0.2) is 11.5 Å². The molecule has 1 aromatic heterocycles. The Hall–Kier alpha value is 0.760. The van der Waals surface area contributed by atoms with Crippen LogP contribution in [-0.2, 0) is 9.06 Å². The van der Waals surface area contributed by atoms with Crippen LogP contribution in [0.2, 0.25) is 13.7 Å². The van der Waals surface area contributed by atoms with Gasteiger partial charge in [-0.25, -0.2) is 4.31 Å². The average molecular weight is 506 g/mol. The predicted octanol–water partition coefficient (Wildman–Crippen LogP) is 7.46. The summed E-state index contributed by atoms with van der Waals surface area (Å²) in [4.78, 5) is 0. The van der Waals surface area contributed by atoms with Crippen LogP contribution in [0.3, 0.4) is 0 Å². The second-order valence-electron chi connectivity index (χ2n) is 4.40. The molecule has 0 aliphatic carbocycles. The molecule has 0 aliphatic heterocycles. The van der Waals surface area contributed by atoms with E-state index in [0.29, 0.717) is 0 Å². The van der Waals surface area contributed by atoms with Gasteiger partial charge in [-0.15, -0.1) is 11.3 Å². The Kier molecular flexibility index (Phi) is 6.83. The number of anilines is 2. The molecule has 0 unspecified atom stereocenters. The lowest BCUT2D eigenvalue weighted by atomic mass is 10.2. The van der Waals surface area contributed by atoms with Crippen molar-refractivity contribution in [2.45, 2.75) is 10.0 Å². The third-order valence-electron chi connectivity index (χ3n) is 2.64. The first kappa shape index (κ1) is 21.1. The van der Waals surface area contributed by atoms with E-state index in [4.69, 9.17) is 69.6 Å². The van der Waals surface area contributed by atoms with Gasteiger partial charge in [0.05, 0.1) is 10.7 Å². The van der Waals surface area contributed by atoms with Gasteiger partial charge in [-0.1, -0.05) is 87.3 Å². The molecule has 0 aliphatic rings. The first-order chi connectivity index (χ1) is 10.9. The maximum atomic E-state index is 12.8. The van der Waals surface area contributed by atoms with Crippen molar-refractivity contribution in [1.29, 1.82) is 0 Å². The monoisotopic (exact) mass is 503 g/mol. The number of hydrogen-bond acceptors (Lipinski definition) is 4. The molecule has 0 saturated heterocycles. The van der Waals surface area contributed by atoms with Gasteiger partial charge in [0.1, 0.15) is 14.4 Å². The number of hydrogen-bond donors (Lipinski definition) is 0. The molecule has 0 radical (unpaired) electrons. The minimum Gasteiger partial charge on any atom is -0.226 e. The maximum absolute atomic E-state index is 12.8. The summed E-state index contributed by atoms with van der Waals surface area (Å²) in [5.41, 5.74) is 1.23. The standard InChI is InChI=1S/C12H7Cl6NO2S3/c1-6-2-4-7(5-3-6)19(24(20,21)23-12(16,17)18)9-8(13)10(14)22-11(9)15/h2-5H,1H3. The molecule has 3 nitrogen and oxygen atoms in total. The molecule has 0 atom stereocenters. The number of thiophene rings is 1. The van der Waals surface area contributed by atoms with Gasteiger partial charge in [-0.2, -0.15) is 8.42 Å². The maximum Gasteiger partial charge on any atom is 0.297 e. The summed E-state index contributed by atoms with van der Waals surface area (Å²) in [6.45, 7) is 1.86. The summed E-state index contributed by atoms with van der Waals surface area (Å²) in [5, 5.41) is 0.000680. The van der Waals surface area contributed by atoms with Crippen LogP contribution in [0.5, 0.6) is 0 Å². The van der Waals surface area contributed by atoms with E-state index in [1.807, 2.05) is 6.92 Å². The molecular formula is C12H7Cl6NO2S3. The van der Waals surface area contributed by atoms with E-state index in [9.17, 15) is 8.42 Å². The molecule has 0 N–H and O–H groups in total. The third kappa shape index (κ3) is 4.93. The van der Waals surface area contributed by atoms with Crippen molar-refractivity contribution in [2.24, 2.45) is 0 Å². The zero-order valence-corrected chi connectivity index (χ0v) is 18.6. The smallest absolute Gasteiger partial charge is 0.226 e. The Labute approximate surface area is 177 Å². The van der Waals surface area contributed by atoms with E-state index in [1.54, 1.807) is 24.3 Å². The first-order valence-corrected chi connectivity index (χ1v) is 11.8. The van der Waals surface area contributed by atoms with Crippen molar-refractivity contribution < 1.29 is 8.42 Å². The van der Waals surface area contributed by atoms with Gasteiger partial charge in [-0.05, 0) is 19.1 Å². The normalized spacial score (nSPS) is 12.5. The average Bonchev–Trinajstić information content (AvgIpc) is 2.65. The minimum absolute atomic E-state index is 0.000680. The first-order valence-electron chi connectivity index (χ1n) is 5.95. The lowest BCUT2D eigenvalue weighted by Crippen LogP contribution is -2.25. The van der Waals surface area contributed by atoms with Crippen LogP contribution in [0.25, 0.3) is 0 Å². The van der Waals surface area contributed by atoms with Crippen molar-refractivity contribution >= 4 is 112 Å². The second kappa shape index (κ2) is 7.79. The highest BCUT2D eigenvalue weighted by Crippen LogP contribution is 2.53. The Morgan fingerprint density at radius 3 is 2.00 bits per heavy atom. The highest BCUT2D eigenvalue weighted by Gasteiger charge is 2.38. The Morgan fingerprint density at radius 2 is 1.58 bits per heavy atom. The van der Waals surface area contributed by atoms with Gasteiger partial charge < -0.3 is 0 Å². The minimum atomic E-state index is -4.20. The van der Waals surface area contributed by atoms with Gasteiger partial charge in [0.2, 0.25) is 0 Å². The van der Waals surface area contributed by atoms with E-state index in [-0.39, 0.29) is 35.9 Å². The highest BCUT2D eigenvalue weighted by atomic mass is 35.6. The van der Waals surface area contributed by atoms with Crippen LogP contribution in [0.1, 0.15) is 5.56 Å². The fourth-order valence-corrected chi connectivity index (χ4v) is 8.44. The van der Waals surface area contributed by atoms with Crippen LogP contribution >= 0.6 is 91.7 Å². The summed E-state index contributed by atoms with van der Waals surface area (Å²) < 4.78 is 24.7. The van der Waals surface area contributed by atoms with Gasteiger partial charge in [0.15, 0.2) is 0 Å². The lowest BCUT2D eigenvalue weighted by molar-refractivity contribution is 0.610. The van der Waals surface area contributed by atoms with Gasteiger partial charge in [0.25, 0.3) is 12.2 Å². The molecule has 1 heterocycles. The topological polar surface area (TPSA) is 37.4 Å². The Bertz CT molecular complexity index is 845. The van der Waals surface area contributed by atoms with E-state index >= 15 is 0 Å². The van der Waals surface area contributed by atoms with Crippen LogP contribution in [0.15, 0.2) is 24.3 Å². The molecule has 12 heteroatoms. The molecule has 0 spiro atoms. The van der Waals surface area contributed by atoms with Crippen molar-refractivity contribution in [3.63, 3.8) is 0 Å². The van der Waals surface area contributed by atoms with Crippen molar-refractivity contribution in [3.8, 4) is 0 Å². The summed E-state index contributed by atoms with van der Waals surface area (Å²) in [7, 11) is -4.07. The zero-order chi connectivity index (χ0) is 18.3. The summed E-state index contributed by atoms with van der Waals surface area (Å²) in [6, 6.07) is 6.63. The fraction of sp³-hybridized carbons (Fsp3) is 0.167. The van der Waals surface area contributed by atoms with Crippen molar-refractivity contribution in [2.75, 3.05) is 4.31 Å². The molecule has 1 aromatic carbocycles. The number of rotatable bonds is 4. The van der Waals surface area contributed by atoms with Crippen LogP contribution in [0.4, 0.5) is 11.4 Å². The van der Waals surface area contributed by atoms with E-state index in [2.05, 4.69) is 0 Å². The van der Waals surface area contributed by atoms with Crippen LogP contribution < -0.4 is 4.31 Å². The molecule has 2 rings (SSSR count). The molecule has 132 valence electrons. The van der Waals surface area contributed by atoms with Gasteiger partial charge >= 0.3 is 0 Å². The molecule has 24 heavy (non-hydrogen) atoms. The third-order valence-corrected chi connectivity index (χ3v) is 9.39. The van der Waals surface area contributed by atoms with Crippen molar-refractivity contribution in [3.05, 3.63) is 43.5 Å². The summed E-state index contributed by atoms with van der Waals surface area (Å²) >= 11 is 36.1. The SMILES string of the molecule is Cc1ccc(N(c2c(Cl)sc(Cl)c2Cl)S(=O)(=O)SC(Cl)(Cl)Cl)cc1. The number of halogens is 6. The summed E-state index contributed by atoms with van der Waals surface area (Å²) in [5.74, 6) is 0. The Balaban J connectivity index is 2.69. The number of aryl methyl sites for hydroxylation is 1. The molecule has 0 fully saturated rings. The highest BCUT2D eigenvalue weighted by molar-refractivity contribution is 8.74. The largest absolute Gasteiger partial charge is 0.297 e. The van der Waals surface area contributed by atoms with E-state index in [1.165, 1.54) is 0 Å².